The van der Waals surface area contributed by atoms with E-state index in [1.807, 2.05) is 65.6 Å². The highest BCUT2D eigenvalue weighted by atomic mass is 16.5. The number of benzene rings is 2. The molecule has 7 heteroatoms. The molecule has 1 fully saturated rings. The van der Waals surface area contributed by atoms with Crippen LogP contribution in [0.25, 0.3) is 0 Å². The molecular weight excluding hydrogens is 396 g/mol. The number of aliphatic hydroxyl groups is 1. The molecular formula is C24H30N2O5. The van der Waals surface area contributed by atoms with Crippen molar-refractivity contribution in [3.63, 3.8) is 0 Å². The lowest BCUT2D eigenvalue weighted by atomic mass is 10.1. The molecule has 7 nitrogen and oxygen atoms in total. The van der Waals surface area contributed by atoms with Crippen LogP contribution in [0.3, 0.4) is 0 Å². The van der Waals surface area contributed by atoms with E-state index >= 15 is 0 Å². The number of aliphatic hydroxyl groups excluding tert-OH is 1. The van der Waals surface area contributed by atoms with Gasteiger partial charge in [0.05, 0.1) is 19.2 Å². The van der Waals surface area contributed by atoms with Crippen molar-refractivity contribution in [3.05, 3.63) is 71.8 Å². The Balaban J connectivity index is 1.41. The fraction of sp³-hybridized carbons (Fsp3) is 0.417. The molecule has 0 aliphatic carbocycles. The number of β-amino-alcohol motifs (C(OH)–C–C–N with tert-alkyl or cyclic N) is 1. The van der Waals surface area contributed by atoms with E-state index < -0.39 is 6.10 Å². The lowest BCUT2D eigenvalue weighted by Gasteiger charge is -2.24. The standard InChI is InChI=1S/C24H30N2O5/c27-22-12-11-21(25-13-23(28)30-17-19-7-3-1-4-8-19)14-26(15-22)16-24(29)31-18-20-9-5-2-6-10-20/h1-10,21-22,25,27H,11-18H2/t21-,22?/m0/s1. The van der Waals surface area contributed by atoms with E-state index in [0.717, 1.165) is 11.1 Å². The Morgan fingerprint density at radius 1 is 0.871 bits per heavy atom. The zero-order valence-corrected chi connectivity index (χ0v) is 17.6. The fourth-order valence-corrected chi connectivity index (χ4v) is 3.54. The minimum absolute atomic E-state index is 0.0247. The Bertz CT molecular complexity index is 815. The van der Waals surface area contributed by atoms with Crippen LogP contribution < -0.4 is 5.32 Å². The lowest BCUT2D eigenvalue weighted by Crippen LogP contribution is -2.44. The third-order valence-electron chi connectivity index (χ3n) is 5.17. The summed E-state index contributed by atoms with van der Waals surface area (Å²) in [6.07, 6.45) is 0.799. The molecule has 166 valence electrons. The van der Waals surface area contributed by atoms with Crippen molar-refractivity contribution >= 4 is 11.9 Å². The predicted molar refractivity (Wildman–Crippen MR) is 116 cm³/mol. The molecule has 0 amide bonds. The first-order chi connectivity index (χ1) is 15.1. The van der Waals surface area contributed by atoms with Gasteiger partial charge < -0.3 is 19.9 Å². The maximum absolute atomic E-state index is 12.3. The van der Waals surface area contributed by atoms with E-state index in [1.54, 1.807) is 0 Å². The molecule has 1 saturated heterocycles. The van der Waals surface area contributed by atoms with Crippen LogP contribution in [-0.2, 0) is 32.3 Å². The quantitative estimate of drug-likeness (QED) is 0.592. The minimum Gasteiger partial charge on any atom is -0.460 e. The number of carbonyl (C=O) groups is 2. The van der Waals surface area contributed by atoms with Crippen molar-refractivity contribution in [2.24, 2.45) is 0 Å². The maximum atomic E-state index is 12.3. The summed E-state index contributed by atoms with van der Waals surface area (Å²) in [6, 6.07) is 19.0. The zero-order valence-electron chi connectivity index (χ0n) is 17.6. The molecule has 2 aromatic carbocycles. The van der Waals surface area contributed by atoms with Gasteiger partial charge in [0.1, 0.15) is 13.2 Å². The van der Waals surface area contributed by atoms with Crippen molar-refractivity contribution < 1.29 is 24.2 Å². The highest BCUT2D eigenvalue weighted by Crippen LogP contribution is 2.12. The summed E-state index contributed by atoms with van der Waals surface area (Å²) in [6.45, 7) is 1.59. The Morgan fingerprint density at radius 2 is 1.45 bits per heavy atom. The summed E-state index contributed by atoms with van der Waals surface area (Å²) in [5.74, 6) is -0.665. The van der Waals surface area contributed by atoms with Crippen LogP contribution in [-0.4, -0.2) is 60.3 Å². The van der Waals surface area contributed by atoms with E-state index in [2.05, 4.69) is 5.32 Å². The number of hydrogen-bond acceptors (Lipinski definition) is 7. The predicted octanol–water partition coefficient (Wildman–Crippen LogP) is 1.89. The second-order valence-electron chi connectivity index (χ2n) is 7.80. The first kappa shape index (κ1) is 22.9. The normalized spacial score (nSPS) is 19.4. The second kappa shape index (κ2) is 12.2. The number of hydrogen-bond donors (Lipinski definition) is 2. The van der Waals surface area contributed by atoms with E-state index in [4.69, 9.17) is 9.47 Å². The SMILES string of the molecule is O=C(CN[C@H]1CCC(O)CN(CC(=O)OCc2ccccc2)C1)OCc1ccccc1. The van der Waals surface area contributed by atoms with Crippen molar-refractivity contribution in [2.45, 2.75) is 38.2 Å². The van der Waals surface area contributed by atoms with Gasteiger partial charge >= 0.3 is 11.9 Å². The van der Waals surface area contributed by atoms with Crippen LogP contribution in [0.2, 0.25) is 0 Å². The highest BCUT2D eigenvalue weighted by Gasteiger charge is 2.25. The molecule has 2 aromatic rings. The Morgan fingerprint density at radius 3 is 2.06 bits per heavy atom. The number of ether oxygens (including phenoxy) is 2. The van der Waals surface area contributed by atoms with Gasteiger partial charge in [-0.3, -0.25) is 14.5 Å². The topological polar surface area (TPSA) is 88.1 Å². The van der Waals surface area contributed by atoms with Gasteiger partial charge in [-0.25, -0.2) is 0 Å². The molecule has 0 saturated carbocycles. The first-order valence-electron chi connectivity index (χ1n) is 10.6. The van der Waals surface area contributed by atoms with Gasteiger partial charge in [0.2, 0.25) is 0 Å². The number of rotatable bonds is 9. The maximum Gasteiger partial charge on any atom is 0.320 e. The van der Waals surface area contributed by atoms with Crippen molar-refractivity contribution in [3.8, 4) is 0 Å². The van der Waals surface area contributed by atoms with Crippen LogP contribution in [0.15, 0.2) is 60.7 Å². The van der Waals surface area contributed by atoms with Gasteiger partial charge in [-0.05, 0) is 24.0 Å². The van der Waals surface area contributed by atoms with Gasteiger partial charge in [-0.2, -0.15) is 0 Å². The van der Waals surface area contributed by atoms with E-state index in [9.17, 15) is 14.7 Å². The summed E-state index contributed by atoms with van der Waals surface area (Å²) < 4.78 is 10.7. The van der Waals surface area contributed by atoms with Crippen molar-refractivity contribution in [1.82, 2.24) is 10.2 Å². The Hall–Kier alpha value is -2.74. The molecule has 1 heterocycles. The van der Waals surface area contributed by atoms with Gasteiger partial charge in [-0.1, -0.05) is 60.7 Å². The van der Waals surface area contributed by atoms with Gasteiger partial charge in [0.15, 0.2) is 0 Å². The van der Waals surface area contributed by atoms with Crippen LogP contribution in [0.4, 0.5) is 0 Å². The third kappa shape index (κ3) is 8.49. The molecule has 1 unspecified atom stereocenters. The molecule has 0 bridgehead atoms. The van der Waals surface area contributed by atoms with E-state index in [1.165, 1.54) is 0 Å². The average molecular weight is 427 g/mol. The molecule has 2 atom stereocenters. The molecule has 3 rings (SSSR count). The monoisotopic (exact) mass is 426 g/mol. The number of likely N-dealkylation sites (tertiary alicyclic amines) is 1. The third-order valence-corrected chi connectivity index (χ3v) is 5.17. The molecule has 0 radical (unpaired) electrons. The molecule has 31 heavy (non-hydrogen) atoms. The van der Waals surface area contributed by atoms with Gasteiger partial charge in [0, 0.05) is 19.1 Å². The highest BCUT2D eigenvalue weighted by molar-refractivity contribution is 5.72. The largest absolute Gasteiger partial charge is 0.460 e. The summed E-state index contributed by atoms with van der Waals surface area (Å²) in [4.78, 5) is 26.2. The summed E-state index contributed by atoms with van der Waals surface area (Å²) in [7, 11) is 0. The fourth-order valence-electron chi connectivity index (χ4n) is 3.54. The summed E-state index contributed by atoms with van der Waals surface area (Å²) >= 11 is 0. The Labute approximate surface area is 183 Å². The average Bonchev–Trinajstić information content (AvgIpc) is 2.96. The second-order valence-corrected chi connectivity index (χ2v) is 7.80. The lowest BCUT2D eigenvalue weighted by molar-refractivity contribution is -0.147. The molecule has 1 aliphatic rings. The zero-order chi connectivity index (χ0) is 21.9. The van der Waals surface area contributed by atoms with Crippen molar-refractivity contribution in [2.75, 3.05) is 26.2 Å². The van der Waals surface area contributed by atoms with Crippen LogP contribution in [0.1, 0.15) is 24.0 Å². The van der Waals surface area contributed by atoms with Crippen molar-refractivity contribution in [1.29, 1.82) is 0 Å². The van der Waals surface area contributed by atoms with Crippen LogP contribution >= 0.6 is 0 Å². The number of nitrogens with one attached hydrogen (secondary N) is 1. The Kier molecular flexibility index (Phi) is 9.02. The molecule has 0 spiro atoms. The smallest absolute Gasteiger partial charge is 0.320 e. The van der Waals surface area contributed by atoms with Crippen LogP contribution in [0, 0.1) is 0 Å². The van der Waals surface area contributed by atoms with E-state index in [-0.39, 0.29) is 44.3 Å². The summed E-state index contributed by atoms with van der Waals surface area (Å²) in [5, 5.41) is 13.4. The van der Waals surface area contributed by atoms with Crippen LogP contribution in [0.5, 0.6) is 0 Å². The molecule has 0 aromatic heterocycles. The molecule has 2 N–H and O–H groups in total. The number of nitrogens with zero attached hydrogens (tertiary/aromatic N) is 1. The first-order valence-corrected chi connectivity index (χ1v) is 10.6. The van der Waals surface area contributed by atoms with E-state index in [0.29, 0.717) is 25.9 Å². The minimum atomic E-state index is -0.515. The van der Waals surface area contributed by atoms with Gasteiger partial charge in [-0.15, -0.1) is 0 Å². The van der Waals surface area contributed by atoms with Gasteiger partial charge in [0.25, 0.3) is 0 Å². The summed E-state index contributed by atoms with van der Waals surface area (Å²) in [5.41, 5.74) is 1.87. The number of esters is 2. The number of carbonyl (C=O) groups excluding carboxylic acids is 2. The molecule has 1 aliphatic heterocycles.